The van der Waals surface area contributed by atoms with Crippen molar-refractivity contribution >= 4 is 17.5 Å². The number of carbonyl (C=O) groups is 2. The van der Waals surface area contributed by atoms with Crippen molar-refractivity contribution in [2.24, 2.45) is 0 Å². The standard InChI is InChI=1S/C15H21N3O3/c1-10(2)17-14(19)11-4-3-5-12(8-11)18-15(20)13-9-16-6-7-21-13/h3-5,8,10,13,16H,6-7,9H2,1-2H3,(H,17,19)(H,18,20). The van der Waals surface area contributed by atoms with Crippen molar-refractivity contribution in [3.8, 4) is 0 Å². The number of nitrogens with one attached hydrogen (secondary N) is 3. The van der Waals surface area contributed by atoms with Crippen LogP contribution in [0.25, 0.3) is 0 Å². The molecule has 0 aromatic heterocycles. The number of hydrogen-bond donors (Lipinski definition) is 3. The Morgan fingerprint density at radius 3 is 2.86 bits per heavy atom. The number of benzene rings is 1. The normalized spacial score (nSPS) is 18.3. The van der Waals surface area contributed by atoms with Crippen molar-refractivity contribution in [1.82, 2.24) is 10.6 Å². The van der Waals surface area contributed by atoms with E-state index in [9.17, 15) is 9.59 Å². The van der Waals surface area contributed by atoms with E-state index in [4.69, 9.17) is 4.74 Å². The van der Waals surface area contributed by atoms with Gasteiger partial charge in [-0.25, -0.2) is 0 Å². The third-order valence-electron chi connectivity index (χ3n) is 3.03. The molecule has 0 saturated carbocycles. The molecule has 21 heavy (non-hydrogen) atoms. The van der Waals surface area contributed by atoms with Crippen molar-refractivity contribution in [2.45, 2.75) is 26.0 Å². The maximum Gasteiger partial charge on any atom is 0.254 e. The number of amides is 2. The molecule has 1 fully saturated rings. The molecular formula is C15H21N3O3. The van der Waals surface area contributed by atoms with Crippen molar-refractivity contribution in [3.63, 3.8) is 0 Å². The Hall–Kier alpha value is -1.92. The number of carbonyl (C=O) groups excluding carboxylic acids is 2. The molecule has 1 atom stereocenters. The second kappa shape index (κ2) is 7.19. The van der Waals surface area contributed by atoms with Crippen molar-refractivity contribution < 1.29 is 14.3 Å². The topological polar surface area (TPSA) is 79.5 Å². The zero-order chi connectivity index (χ0) is 15.2. The third kappa shape index (κ3) is 4.54. The quantitative estimate of drug-likeness (QED) is 0.765. The molecule has 0 bridgehead atoms. The van der Waals surface area contributed by atoms with Gasteiger partial charge in [0.05, 0.1) is 6.61 Å². The Morgan fingerprint density at radius 2 is 2.19 bits per heavy atom. The van der Waals surface area contributed by atoms with Crippen LogP contribution in [0.5, 0.6) is 0 Å². The lowest BCUT2D eigenvalue weighted by atomic mass is 10.1. The largest absolute Gasteiger partial charge is 0.366 e. The first kappa shape index (κ1) is 15.5. The van der Waals surface area contributed by atoms with Crippen molar-refractivity contribution in [1.29, 1.82) is 0 Å². The van der Waals surface area contributed by atoms with Crippen LogP contribution < -0.4 is 16.0 Å². The van der Waals surface area contributed by atoms with E-state index in [0.717, 1.165) is 6.54 Å². The van der Waals surface area contributed by atoms with Crippen molar-refractivity contribution in [2.75, 3.05) is 25.0 Å². The highest BCUT2D eigenvalue weighted by Crippen LogP contribution is 2.12. The Morgan fingerprint density at radius 1 is 1.38 bits per heavy atom. The average molecular weight is 291 g/mol. The zero-order valence-corrected chi connectivity index (χ0v) is 12.3. The smallest absolute Gasteiger partial charge is 0.254 e. The molecule has 3 N–H and O–H groups in total. The van der Waals surface area contributed by atoms with E-state index in [0.29, 0.717) is 24.4 Å². The zero-order valence-electron chi connectivity index (χ0n) is 12.3. The summed E-state index contributed by atoms with van der Waals surface area (Å²) in [6, 6.07) is 6.93. The maximum atomic E-state index is 12.0. The second-order valence-corrected chi connectivity index (χ2v) is 5.26. The number of ether oxygens (including phenoxy) is 1. The predicted octanol–water partition coefficient (Wildman–Crippen LogP) is 0.752. The SMILES string of the molecule is CC(C)NC(=O)c1cccc(NC(=O)C2CNCCO2)c1. The van der Waals surface area contributed by atoms with Crippen LogP contribution in [-0.2, 0) is 9.53 Å². The summed E-state index contributed by atoms with van der Waals surface area (Å²) in [5.41, 5.74) is 1.11. The van der Waals surface area contributed by atoms with E-state index >= 15 is 0 Å². The van der Waals surface area contributed by atoms with Crippen LogP contribution >= 0.6 is 0 Å². The second-order valence-electron chi connectivity index (χ2n) is 5.26. The summed E-state index contributed by atoms with van der Waals surface area (Å²) in [5, 5.41) is 8.70. The highest BCUT2D eigenvalue weighted by molar-refractivity contribution is 5.98. The molecule has 0 aliphatic carbocycles. The summed E-state index contributed by atoms with van der Waals surface area (Å²) in [6.45, 7) is 5.58. The van der Waals surface area contributed by atoms with Gasteiger partial charge in [-0.3, -0.25) is 9.59 Å². The molecule has 0 spiro atoms. The van der Waals surface area contributed by atoms with E-state index < -0.39 is 6.10 Å². The first-order valence-corrected chi connectivity index (χ1v) is 7.10. The summed E-state index contributed by atoms with van der Waals surface area (Å²) in [4.78, 5) is 24.0. The van der Waals surface area contributed by atoms with Crippen LogP contribution in [0.2, 0.25) is 0 Å². The summed E-state index contributed by atoms with van der Waals surface area (Å²) in [7, 11) is 0. The minimum Gasteiger partial charge on any atom is -0.366 e. The van der Waals surface area contributed by atoms with Gasteiger partial charge in [-0.1, -0.05) is 6.07 Å². The monoisotopic (exact) mass is 291 g/mol. The van der Waals surface area contributed by atoms with Crippen LogP contribution in [0.1, 0.15) is 24.2 Å². The van der Waals surface area contributed by atoms with Gasteiger partial charge in [0.1, 0.15) is 6.10 Å². The van der Waals surface area contributed by atoms with Crippen molar-refractivity contribution in [3.05, 3.63) is 29.8 Å². The van der Waals surface area contributed by atoms with E-state index in [1.54, 1.807) is 24.3 Å². The van der Waals surface area contributed by atoms with Gasteiger partial charge in [0.15, 0.2) is 0 Å². The molecular weight excluding hydrogens is 270 g/mol. The molecule has 1 aromatic rings. The van der Waals surface area contributed by atoms with E-state index in [2.05, 4.69) is 16.0 Å². The molecule has 1 aromatic carbocycles. The van der Waals surface area contributed by atoms with Crippen LogP contribution in [0.15, 0.2) is 24.3 Å². The Balaban J connectivity index is 2.00. The lowest BCUT2D eigenvalue weighted by Crippen LogP contribution is -2.45. The third-order valence-corrected chi connectivity index (χ3v) is 3.03. The molecule has 1 aliphatic rings. The highest BCUT2D eigenvalue weighted by Gasteiger charge is 2.21. The van der Waals surface area contributed by atoms with Gasteiger partial charge in [0.25, 0.3) is 11.8 Å². The van der Waals surface area contributed by atoms with Crippen LogP contribution in [0, 0.1) is 0 Å². The van der Waals surface area contributed by atoms with E-state index in [1.807, 2.05) is 13.8 Å². The number of anilines is 1. The molecule has 2 amide bonds. The van der Waals surface area contributed by atoms with Gasteiger partial charge in [0, 0.05) is 30.4 Å². The van der Waals surface area contributed by atoms with Gasteiger partial charge in [-0.15, -0.1) is 0 Å². The van der Waals surface area contributed by atoms with E-state index in [1.165, 1.54) is 0 Å². The first-order valence-electron chi connectivity index (χ1n) is 7.10. The fraction of sp³-hybridized carbons (Fsp3) is 0.467. The molecule has 1 unspecified atom stereocenters. The average Bonchev–Trinajstić information content (AvgIpc) is 2.47. The van der Waals surface area contributed by atoms with E-state index in [-0.39, 0.29) is 17.9 Å². The van der Waals surface area contributed by atoms with Crippen LogP contribution in [0.3, 0.4) is 0 Å². The fourth-order valence-corrected chi connectivity index (χ4v) is 2.04. The minimum atomic E-state index is -0.494. The molecule has 1 heterocycles. The minimum absolute atomic E-state index is 0.0671. The lowest BCUT2D eigenvalue weighted by Gasteiger charge is -2.22. The first-order chi connectivity index (χ1) is 10.1. The number of morpholine rings is 1. The fourth-order valence-electron chi connectivity index (χ4n) is 2.04. The molecule has 6 heteroatoms. The molecule has 0 radical (unpaired) electrons. The maximum absolute atomic E-state index is 12.0. The summed E-state index contributed by atoms with van der Waals surface area (Å²) < 4.78 is 5.39. The molecule has 1 saturated heterocycles. The molecule has 6 nitrogen and oxygen atoms in total. The number of hydrogen-bond acceptors (Lipinski definition) is 4. The van der Waals surface area contributed by atoms with Gasteiger partial charge < -0.3 is 20.7 Å². The Kier molecular flexibility index (Phi) is 5.30. The van der Waals surface area contributed by atoms with Crippen LogP contribution in [0.4, 0.5) is 5.69 Å². The summed E-state index contributed by atoms with van der Waals surface area (Å²) >= 11 is 0. The molecule has 1 aliphatic heterocycles. The Bertz CT molecular complexity index is 511. The molecule has 114 valence electrons. The van der Waals surface area contributed by atoms with Gasteiger partial charge >= 0.3 is 0 Å². The van der Waals surface area contributed by atoms with Gasteiger partial charge in [-0.2, -0.15) is 0 Å². The highest BCUT2D eigenvalue weighted by atomic mass is 16.5. The molecule has 2 rings (SSSR count). The number of rotatable bonds is 4. The van der Waals surface area contributed by atoms with Crippen LogP contribution in [-0.4, -0.2) is 43.7 Å². The van der Waals surface area contributed by atoms with Gasteiger partial charge in [0.2, 0.25) is 0 Å². The lowest BCUT2D eigenvalue weighted by molar-refractivity contribution is -0.128. The Labute approximate surface area is 124 Å². The summed E-state index contributed by atoms with van der Waals surface area (Å²) in [5.74, 6) is -0.361. The van der Waals surface area contributed by atoms with Gasteiger partial charge in [-0.05, 0) is 32.0 Å². The predicted molar refractivity (Wildman–Crippen MR) is 80.3 cm³/mol. The summed E-state index contributed by atoms with van der Waals surface area (Å²) in [6.07, 6.45) is -0.494.